The summed E-state index contributed by atoms with van der Waals surface area (Å²) in [5.74, 6) is 1.60. The zero-order valence-corrected chi connectivity index (χ0v) is 14.4. The number of nitrogens with one attached hydrogen (secondary N) is 1. The van der Waals surface area contributed by atoms with Crippen LogP contribution in [0.3, 0.4) is 0 Å². The standard InChI is InChI=1S/C17H13Cl2NO5/c18-10-7-13-14(23-2-1-22-13)8-12(10)20-17(21)9-5-11(19)16-15(6-9)24-3-4-25-16/h5-8H,1-4H2,(H,20,21). The van der Waals surface area contributed by atoms with Crippen molar-refractivity contribution in [3.05, 3.63) is 39.9 Å². The predicted molar refractivity (Wildman–Crippen MR) is 92.8 cm³/mol. The topological polar surface area (TPSA) is 66.0 Å². The number of carbonyl (C=O) groups is 1. The quantitative estimate of drug-likeness (QED) is 0.856. The zero-order valence-electron chi connectivity index (χ0n) is 12.9. The molecule has 4 rings (SSSR count). The van der Waals surface area contributed by atoms with Crippen LogP contribution in [0.5, 0.6) is 23.0 Å². The Kier molecular flexibility index (Phi) is 4.23. The van der Waals surface area contributed by atoms with Crippen molar-refractivity contribution in [2.24, 2.45) is 0 Å². The number of ether oxygens (including phenoxy) is 4. The fourth-order valence-corrected chi connectivity index (χ4v) is 3.06. The third-order valence-electron chi connectivity index (χ3n) is 3.74. The Morgan fingerprint density at radius 1 is 0.800 bits per heavy atom. The van der Waals surface area contributed by atoms with Gasteiger partial charge in [0.05, 0.1) is 15.7 Å². The SMILES string of the molecule is O=C(Nc1cc2c(cc1Cl)OCCO2)c1cc(Cl)c2c(c1)OCCO2. The highest BCUT2D eigenvalue weighted by atomic mass is 35.5. The largest absolute Gasteiger partial charge is 0.486 e. The molecular weight excluding hydrogens is 369 g/mol. The van der Waals surface area contributed by atoms with E-state index in [1.165, 1.54) is 6.07 Å². The summed E-state index contributed by atoms with van der Waals surface area (Å²) < 4.78 is 21.9. The van der Waals surface area contributed by atoms with Crippen molar-refractivity contribution in [1.82, 2.24) is 0 Å². The summed E-state index contributed by atoms with van der Waals surface area (Å²) in [5, 5.41) is 3.41. The molecule has 25 heavy (non-hydrogen) atoms. The number of halogens is 2. The van der Waals surface area contributed by atoms with Crippen LogP contribution in [0.1, 0.15) is 10.4 Å². The molecule has 1 amide bonds. The van der Waals surface area contributed by atoms with E-state index in [1.54, 1.807) is 18.2 Å². The highest BCUT2D eigenvalue weighted by Crippen LogP contribution is 2.40. The van der Waals surface area contributed by atoms with Crippen molar-refractivity contribution in [1.29, 1.82) is 0 Å². The average molecular weight is 382 g/mol. The second kappa shape index (κ2) is 6.54. The first kappa shape index (κ1) is 16.2. The maximum Gasteiger partial charge on any atom is 0.255 e. The van der Waals surface area contributed by atoms with E-state index in [2.05, 4.69) is 5.32 Å². The first-order valence-electron chi connectivity index (χ1n) is 7.61. The number of amides is 1. The maximum absolute atomic E-state index is 12.6. The van der Waals surface area contributed by atoms with E-state index in [0.29, 0.717) is 70.7 Å². The lowest BCUT2D eigenvalue weighted by atomic mass is 10.1. The third kappa shape index (κ3) is 3.15. The van der Waals surface area contributed by atoms with Crippen molar-refractivity contribution < 1.29 is 23.7 Å². The van der Waals surface area contributed by atoms with E-state index in [0.717, 1.165) is 0 Å². The lowest BCUT2D eigenvalue weighted by Crippen LogP contribution is -2.18. The molecule has 0 unspecified atom stereocenters. The van der Waals surface area contributed by atoms with Gasteiger partial charge in [0.15, 0.2) is 23.0 Å². The molecule has 2 aromatic rings. The van der Waals surface area contributed by atoms with E-state index in [-0.39, 0.29) is 5.91 Å². The number of anilines is 1. The molecule has 0 bridgehead atoms. The maximum atomic E-state index is 12.6. The minimum atomic E-state index is -0.377. The summed E-state index contributed by atoms with van der Waals surface area (Å²) in [6.45, 7) is 1.73. The molecule has 2 aliphatic rings. The lowest BCUT2D eigenvalue weighted by molar-refractivity contribution is 0.102. The average Bonchev–Trinajstić information content (AvgIpc) is 2.62. The van der Waals surface area contributed by atoms with Gasteiger partial charge in [-0.05, 0) is 12.1 Å². The van der Waals surface area contributed by atoms with Crippen LogP contribution in [0.25, 0.3) is 0 Å². The lowest BCUT2D eigenvalue weighted by Gasteiger charge is -2.21. The van der Waals surface area contributed by atoms with Gasteiger partial charge in [-0.1, -0.05) is 23.2 Å². The zero-order chi connectivity index (χ0) is 17.4. The van der Waals surface area contributed by atoms with Crippen molar-refractivity contribution in [3.63, 3.8) is 0 Å². The Morgan fingerprint density at radius 3 is 2.20 bits per heavy atom. The van der Waals surface area contributed by atoms with Gasteiger partial charge in [0.1, 0.15) is 26.4 Å². The normalized spacial score (nSPS) is 14.8. The van der Waals surface area contributed by atoms with Crippen LogP contribution < -0.4 is 24.3 Å². The Labute approximate surface area is 153 Å². The fraction of sp³-hybridized carbons (Fsp3) is 0.235. The molecule has 0 saturated heterocycles. The van der Waals surface area contributed by atoms with Gasteiger partial charge >= 0.3 is 0 Å². The van der Waals surface area contributed by atoms with Crippen LogP contribution in [0.15, 0.2) is 24.3 Å². The Hall–Kier alpha value is -2.31. The molecule has 0 aliphatic carbocycles. The van der Waals surface area contributed by atoms with E-state index in [1.807, 2.05) is 0 Å². The van der Waals surface area contributed by atoms with E-state index in [9.17, 15) is 4.79 Å². The molecule has 6 nitrogen and oxygen atoms in total. The molecule has 2 aromatic carbocycles. The molecule has 130 valence electrons. The van der Waals surface area contributed by atoms with Gasteiger partial charge in [-0.15, -0.1) is 0 Å². The number of fused-ring (bicyclic) bond motifs is 2. The van der Waals surface area contributed by atoms with Gasteiger partial charge in [0, 0.05) is 17.7 Å². The van der Waals surface area contributed by atoms with E-state index < -0.39 is 0 Å². The summed E-state index contributed by atoms with van der Waals surface area (Å²) in [5.41, 5.74) is 0.752. The van der Waals surface area contributed by atoms with Gasteiger partial charge in [-0.25, -0.2) is 0 Å². The van der Waals surface area contributed by atoms with Gasteiger partial charge in [-0.3, -0.25) is 4.79 Å². The first-order chi connectivity index (χ1) is 12.1. The van der Waals surface area contributed by atoms with Crippen LogP contribution in [-0.2, 0) is 0 Å². The summed E-state index contributed by atoms with van der Waals surface area (Å²) in [6.07, 6.45) is 0. The summed E-state index contributed by atoms with van der Waals surface area (Å²) in [4.78, 5) is 12.6. The van der Waals surface area contributed by atoms with E-state index in [4.69, 9.17) is 42.1 Å². The van der Waals surface area contributed by atoms with Crippen LogP contribution >= 0.6 is 23.2 Å². The highest BCUT2D eigenvalue weighted by Gasteiger charge is 2.21. The number of benzene rings is 2. The second-order valence-electron chi connectivity index (χ2n) is 5.41. The van der Waals surface area contributed by atoms with Gasteiger partial charge in [-0.2, -0.15) is 0 Å². The summed E-state index contributed by atoms with van der Waals surface area (Å²) >= 11 is 12.4. The fourth-order valence-electron chi connectivity index (χ4n) is 2.60. The molecule has 2 heterocycles. The Morgan fingerprint density at radius 2 is 1.44 bits per heavy atom. The molecule has 8 heteroatoms. The molecule has 1 N–H and O–H groups in total. The number of hydrogen-bond acceptors (Lipinski definition) is 5. The monoisotopic (exact) mass is 381 g/mol. The molecular formula is C17H13Cl2NO5. The third-order valence-corrected chi connectivity index (χ3v) is 4.33. The van der Waals surface area contributed by atoms with Gasteiger partial charge in [0.2, 0.25) is 0 Å². The molecule has 0 atom stereocenters. The van der Waals surface area contributed by atoms with Crippen LogP contribution in [0.4, 0.5) is 5.69 Å². The first-order valence-corrected chi connectivity index (χ1v) is 8.37. The number of hydrogen-bond donors (Lipinski definition) is 1. The molecule has 0 aromatic heterocycles. The molecule has 0 fully saturated rings. The summed E-state index contributed by atoms with van der Waals surface area (Å²) in [7, 11) is 0. The molecule has 0 saturated carbocycles. The molecule has 2 aliphatic heterocycles. The van der Waals surface area contributed by atoms with Crippen molar-refractivity contribution >= 4 is 34.8 Å². The van der Waals surface area contributed by atoms with Crippen molar-refractivity contribution in [3.8, 4) is 23.0 Å². The smallest absolute Gasteiger partial charge is 0.255 e. The Bertz CT molecular complexity index is 855. The molecule has 0 spiro atoms. The summed E-state index contributed by atoms with van der Waals surface area (Å²) in [6, 6.07) is 6.36. The number of rotatable bonds is 2. The minimum absolute atomic E-state index is 0.315. The van der Waals surface area contributed by atoms with Crippen LogP contribution in [-0.4, -0.2) is 32.3 Å². The second-order valence-corrected chi connectivity index (χ2v) is 6.23. The van der Waals surface area contributed by atoms with E-state index >= 15 is 0 Å². The predicted octanol–water partition coefficient (Wildman–Crippen LogP) is 3.79. The van der Waals surface area contributed by atoms with Gasteiger partial charge in [0.25, 0.3) is 5.91 Å². The minimum Gasteiger partial charge on any atom is -0.486 e. The highest BCUT2D eigenvalue weighted by molar-refractivity contribution is 6.34. The van der Waals surface area contributed by atoms with Crippen LogP contribution in [0, 0.1) is 0 Å². The Balaban J connectivity index is 1.61. The van der Waals surface area contributed by atoms with Gasteiger partial charge < -0.3 is 24.3 Å². The van der Waals surface area contributed by atoms with Crippen molar-refractivity contribution in [2.45, 2.75) is 0 Å². The van der Waals surface area contributed by atoms with Crippen molar-refractivity contribution in [2.75, 3.05) is 31.7 Å². The molecule has 0 radical (unpaired) electrons. The number of carbonyl (C=O) groups excluding carboxylic acids is 1. The van der Waals surface area contributed by atoms with Crippen LogP contribution in [0.2, 0.25) is 10.0 Å².